The fourth-order valence-electron chi connectivity index (χ4n) is 7.81. The Labute approximate surface area is 322 Å². The van der Waals surface area contributed by atoms with Gasteiger partial charge < -0.3 is 19.9 Å². The lowest BCUT2D eigenvalue weighted by Gasteiger charge is -2.36. The number of fused-ring (bicyclic) bond motifs is 1. The second kappa shape index (κ2) is 15.0. The number of hydrogen-bond acceptors (Lipinski definition) is 9. The molecule has 4 fully saturated rings. The van der Waals surface area contributed by atoms with Crippen LogP contribution >= 0.6 is 0 Å². The van der Waals surface area contributed by atoms with Crippen molar-refractivity contribution in [3.05, 3.63) is 67.3 Å². The van der Waals surface area contributed by atoms with E-state index >= 15 is 0 Å². The maximum Gasteiger partial charge on any atom is 0.259 e. The third-order valence-corrected chi connectivity index (χ3v) is 13.2. The average Bonchev–Trinajstić information content (AvgIpc) is 4.10. The number of nitrogens with zero attached hydrogens (tertiary/aromatic N) is 4. The summed E-state index contributed by atoms with van der Waals surface area (Å²) in [5, 5.41) is 2.22. The minimum absolute atomic E-state index is 0.00425. The van der Waals surface area contributed by atoms with E-state index in [0.717, 1.165) is 24.8 Å². The molecule has 2 aliphatic carbocycles. The summed E-state index contributed by atoms with van der Waals surface area (Å²) in [5.74, 6) is -2.94. The predicted octanol–water partition coefficient (Wildman–Crippen LogP) is 4.38. The summed E-state index contributed by atoms with van der Waals surface area (Å²) in [6.07, 6.45) is 4.83. The quantitative estimate of drug-likeness (QED) is 0.254. The van der Waals surface area contributed by atoms with Crippen LogP contribution in [0.5, 0.6) is 5.88 Å². The number of benzene rings is 2. The van der Waals surface area contributed by atoms with Gasteiger partial charge in [0.05, 0.1) is 28.7 Å². The molecule has 292 valence electrons. The van der Waals surface area contributed by atoms with Crippen LogP contribution in [0.4, 0.5) is 0 Å². The Morgan fingerprint density at radius 3 is 2.25 bits per heavy atom. The molecule has 55 heavy (non-hydrogen) atoms. The molecule has 5 atom stereocenters. The molecule has 2 aromatic carbocycles. The minimum Gasteiger partial charge on any atom is -0.471 e. The van der Waals surface area contributed by atoms with Gasteiger partial charge in [0, 0.05) is 37.4 Å². The largest absolute Gasteiger partial charge is 0.471 e. The molecule has 2 saturated heterocycles. The number of piperidine rings is 1. The monoisotopic (exact) mass is 770 g/mol. The predicted molar refractivity (Wildman–Crippen MR) is 207 cm³/mol. The van der Waals surface area contributed by atoms with Gasteiger partial charge in [0.2, 0.25) is 33.6 Å². The zero-order valence-electron chi connectivity index (χ0n) is 31.7. The van der Waals surface area contributed by atoms with Crippen molar-refractivity contribution in [2.45, 2.75) is 95.1 Å². The van der Waals surface area contributed by atoms with Crippen molar-refractivity contribution >= 4 is 44.7 Å². The van der Waals surface area contributed by atoms with Crippen molar-refractivity contribution in [1.82, 2.24) is 29.8 Å². The summed E-state index contributed by atoms with van der Waals surface area (Å²) in [6, 6.07) is 15.8. The molecule has 1 unspecified atom stereocenters. The lowest BCUT2D eigenvalue weighted by Crippen LogP contribution is -2.57. The van der Waals surface area contributed by atoms with Crippen LogP contribution in [0, 0.1) is 17.3 Å². The highest BCUT2D eigenvalue weighted by Crippen LogP contribution is 2.46. The highest BCUT2D eigenvalue weighted by Gasteiger charge is 2.62. The number of hydrogen-bond donors (Lipinski definition) is 2. The van der Waals surface area contributed by atoms with Crippen LogP contribution in [-0.2, 0) is 29.2 Å². The van der Waals surface area contributed by atoms with Gasteiger partial charge in [0.1, 0.15) is 23.4 Å². The molecule has 2 N–H and O–H groups in total. The fourth-order valence-corrected chi connectivity index (χ4v) is 9.18. The van der Waals surface area contributed by atoms with Crippen LogP contribution in [-0.4, -0.2) is 94.4 Å². The van der Waals surface area contributed by atoms with E-state index in [1.165, 1.54) is 11.0 Å². The number of ether oxygens (including phenoxy) is 1. The molecule has 0 spiro atoms. The summed E-state index contributed by atoms with van der Waals surface area (Å²) in [5.41, 5.74) is 0.387. The number of nitrogens with one attached hydrogen (secondary N) is 2. The Kier molecular flexibility index (Phi) is 10.5. The molecule has 13 nitrogen and oxygen atoms in total. The number of likely N-dealkylation sites (tertiary alicyclic amines) is 2. The second-order valence-electron chi connectivity index (χ2n) is 16.5. The third kappa shape index (κ3) is 8.10. The summed E-state index contributed by atoms with van der Waals surface area (Å²) < 4.78 is 34.3. The van der Waals surface area contributed by atoms with Gasteiger partial charge in [-0.05, 0) is 56.1 Å². The molecule has 7 rings (SSSR count). The SMILES string of the molecule is C=C[C@@H]1C[C@]1(NC(=O)[C@@H]1C[C@@H](Oc2nc3ccccc3nc2-c2ccccc2)CN1C(=O)C(CC(=O)N1CCCCC1)C(C)(C)C)C(=O)NS(=O)(=O)C1CC1. The van der Waals surface area contributed by atoms with Gasteiger partial charge in [0.15, 0.2) is 0 Å². The Morgan fingerprint density at radius 2 is 1.64 bits per heavy atom. The van der Waals surface area contributed by atoms with E-state index in [4.69, 9.17) is 14.7 Å². The molecule has 1 aromatic heterocycles. The van der Waals surface area contributed by atoms with E-state index in [-0.39, 0.29) is 43.5 Å². The molecule has 0 radical (unpaired) electrons. The topological polar surface area (TPSA) is 168 Å². The van der Waals surface area contributed by atoms with Crippen LogP contribution in [0.25, 0.3) is 22.3 Å². The number of sulfonamides is 1. The number of aromatic nitrogens is 2. The van der Waals surface area contributed by atoms with Gasteiger partial charge in [-0.2, -0.15) is 0 Å². The van der Waals surface area contributed by atoms with Gasteiger partial charge in [-0.25, -0.2) is 18.4 Å². The minimum atomic E-state index is -3.89. The van der Waals surface area contributed by atoms with E-state index in [1.807, 2.05) is 80.3 Å². The van der Waals surface area contributed by atoms with Crippen molar-refractivity contribution in [3.63, 3.8) is 0 Å². The van der Waals surface area contributed by atoms with Gasteiger partial charge in [0.25, 0.3) is 5.91 Å². The number of carbonyl (C=O) groups is 4. The van der Waals surface area contributed by atoms with Crippen LogP contribution in [0.2, 0.25) is 0 Å². The third-order valence-electron chi connectivity index (χ3n) is 11.4. The molecule has 4 amide bonds. The van der Waals surface area contributed by atoms with Crippen LogP contribution < -0.4 is 14.8 Å². The van der Waals surface area contributed by atoms with E-state index < -0.39 is 62.0 Å². The Bertz CT molecular complexity index is 2090. The Hall–Kier alpha value is -4.85. The average molecular weight is 771 g/mol. The van der Waals surface area contributed by atoms with Gasteiger partial charge in [-0.1, -0.05) is 69.3 Å². The summed E-state index contributed by atoms with van der Waals surface area (Å²) in [6.45, 7) is 10.8. The number of rotatable bonds is 12. The maximum absolute atomic E-state index is 14.8. The van der Waals surface area contributed by atoms with Crippen LogP contribution in [0.3, 0.4) is 0 Å². The van der Waals surface area contributed by atoms with Gasteiger partial charge >= 0.3 is 0 Å². The van der Waals surface area contributed by atoms with E-state index in [2.05, 4.69) is 16.6 Å². The van der Waals surface area contributed by atoms with Crippen LogP contribution in [0.1, 0.15) is 72.1 Å². The lowest BCUT2D eigenvalue weighted by atomic mass is 9.77. The molecule has 14 heteroatoms. The molecule has 4 aliphatic rings. The summed E-state index contributed by atoms with van der Waals surface area (Å²) in [7, 11) is -3.89. The fraction of sp³-hybridized carbons (Fsp3) is 0.512. The maximum atomic E-state index is 14.8. The van der Waals surface area contributed by atoms with Gasteiger partial charge in [-0.15, -0.1) is 6.58 Å². The Morgan fingerprint density at radius 1 is 0.982 bits per heavy atom. The van der Waals surface area contributed by atoms with E-state index in [9.17, 15) is 27.6 Å². The van der Waals surface area contributed by atoms with E-state index in [1.54, 1.807) is 0 Å². The highest BCUT2D eigenvalue weighted by molar-refractivity contribution is 7.91. The molecule has 2 saturated carbocycles. The molecule has 2 aliphatic heterocycles. The molecule has 0 bridgehead atoms. The number of carbonyl (C=O) groups excluding carboxylic acids is 4. The zero-order chi connectivity index (χ0) is 39.1. The summed E-state index contributed by atoms with van der Waals surface area (Å²) >= 11 is 0. The van der Waals surface area contributed by atoms with Crippen LogP contribution in [0.15, 0.2) is 67.3 Å². The van der Waals surface area contributed by atoms with Crippen molar-refractivity contribution < 1.29 is 32.3 Å². The Balaban J connectivity index is 1.20. The first-order chi connectivity index (χ1) is 26.2. The van der Waals surface area contributed by atoms with Crippen molar-refractivity contribution in [3.8, 4) is 17.1 Å². The van der Waals surface area contributed by atoms with Crippen molar-refractivity contribution in [2.24, 2.45) is 17.3 Å². The first-order valence-electron chi connectivity index (χ1n) is 19.3. The number of amides is 4. The van der Waals surface area contributed by atoms with E-state index in [0.29, 0.717) is 42.7 Å². The standard InChI is InChI=1S/C41H50N6O7S/c1-5-27-24-41(27,39(51)45-55(52,53)29-18-19-29)44-36(49)33-22-28(25-47(33)38(50)30(40(2,3)4)23-34(48)46-20-12-7-13-21-46)54-37-35(26-14-8-6-9-15-26)42-31-16-10-11-17-32(31)43-37/h5-6,8-11,14-17,27-30,33H,1,7,12-13,18-25H2,2-4H3,(H,44,49)(H,45,51)/t27-,28-,30?,33+,41-/m1/s1. The number of para-hydroxylation sites is 2. The highest BCUT2D eigenvalue weighted by atomic mass is 32.2. The first kappa shape index (κ1) is 38.4. The normalized spacial score (nSPS) is 24.5. The molecular weight excluding hydrogens is 721 g/mol. The molecular formula is C41H50N6O7S. The first-order valence-corrected chi connectivity index (χ1v) is 20.8. The summed E-state index contributed by atoms with van der Waals surface area (Å²) in [4.78, 5) is 69.5. The second-order valence-corrected chi connectivity index (χ2v) is 18.4. The molecule has 3 aromatic rings. The molecule has 3 heterocycles. The van der Waals surface area contributed by atoms with Crippen molar-refractivity contribution in [1.29, 1.82) is 0 Å². The lowest BCUT2D eigenvalue weighted by molar-refractivity contribution is -0.148. The zero-order valence-corrected chi connectivity index (χ0v) is 32.5. The van der Waals surface area contributed by atoms with Gasteiger partial charge in [-0.3, -0.25) is 23.9 Å². The smallest absolute Gasteiger partial charge is 0.259 e. The van der Waals surface area contributed by atoms with Crippen molar-refractivity contribution in [2.75, 3.05) is 19.6 Å².